The van der Waals surface area contributed by atoms with Gasteiger partial charge in [0.15, 0.2) is 0 Å². The van der Waals surface area contributed by atoms with Crippen molar-refractivity contribution in [2.45, 2.75) is 20.3 Å². The zero-order valence-electron chi connectivity index (χ0n) is 6.52. The van der Waals surface area contributed by atoms with Gasteiger partial charge >= 0.3 is 0 Å². The van der Waals surface area contributed by atoms with Gasteiger partial charge in [-0.05, 0) is 24.5 Å². The summed E-state index contributed by atoms with van der Waals surface area (Å²) >= 11 is 0. The summed E-state index contributed by atoms with van der Waals surface area (Å²) in [5.41, 5.74) is 3.54. The predicted octanol–water partition coefficient (Wildman–Crippen LogP) is 1.35. The molecule has 0 heterocycles. The second-order valence-electron chi connectivity index (χ2n) is 2.54. The van der Waals surface area contributed by atoms with E-state index < -0.39 is 0 Å². The quantitative estimate of drug-likeness (QED) is 0.503. The van der Waals surface area contributed by atoms with Crippen molar-refractivity contribution < 1.29 is 0 Å². The van der Waals surface area contributed by atoms with Crippen LogP contribution in [0.4, 0.5) is 0 Å². The molecule has 50 valence electrons. The third-order valence-corrected chi connectivity index (χ3v) is 1.75. The number of hydrogen-bond donors (Lipinski definition) is 0. The van der Waals surface area contributed by atoms with Crippen molar-refractivity contribution in [1.29, 1.82) is 0 Å². The lowest BCUT2D eigenvalue weighted by Gasteiger charge is -2.02. The van der Waals surface area contributed by atoms with Crippen LogP contribution in [0.3, 0.4) is 0 Å². The molecular weight excluding hydrogens is 119 g/mol. The molecule has 0 N–H and O–H groups in total. The molecule has 1 aromatic carbocycles. The molecule has 2 radical (unpaired) electrons. The van der Waals surface area contributed by atoms with E-state index in [0.717, 1.165) is 11.9 Å². The summed E-state index contributed by atoms with van der Waals surface area (Å²) in [6.45, 7) is 4.25. The zero-order chi connectivity index (χ0) is 7.56. The SMILES string of the molecule is [B]c1ccc(C)c(CC)c1. The molecule has 0 aliphatic heterocycles. The number of aryl methyl sites for hydroxylation is 2. The van der Waals surface area contributed by atoms with Crippen LogP contribution in [0.1, 0.15) is 18.1 Å². The average Bonchev–Trinajstić information content (AvgIpc) is 1.94. The number of benzene rings is 1. The van der Waals surface area contributed by atoms with Gasteiger partial charge < -0.3 is 0 Å². The molecule has 0 aliphatic rings. The minimum absolute atomic E-state index is 0.863. The van der Waals surface area contributed by atoms with E-state index in [4.69, 9.17) is 7.85 Å². The van der Waals surface area contributed by atoms with Gasteiger partial charge in [0.25, 0.3) is 0 Å². The van der Waals surface area contributed by atoms with Crippen LogP contribution < -0.4 is 5.46 Å². The highest BCUT2D eigenvalue weighted by atomic mass is 14.0. The van der Waals surface area contributed by atoms with E-state index in [1.165, 1.54) is 11.1 Å². The van der Waals surface area contributed by atoms with Gasteiger partial charge in [-0.2, -0.15) is 0 Å². The molecule has 0 aromatic heterocycles. The van der Waals surface area contributed by atoms with E-state index in [-0.39, 0.29) is 0 Å². The highest BCUT2D eigenvalue weighted by Crippen LogP contribution is 2.04. The standard InChI is InChI=1S/C9H11B/c1-3-8-6-9(10)5-4-7(8)2/h4-6H,3H2,1-2H3. The lowest BCUT2D eigenvalue weighted by Crippen LogP contribution is -2.03. The third-order valence-electron chi connectivity index (χ3n) is 1.75. The molecule has 1 aromatic rings. The van der Waals surface area contributed by atoms with Crippen molar-refractivity contribution in [2.24, 2.45) is 0 Å². The second-order valence-corrected chi connectivity index (χ2v) is 2.54. The van der Waals surface area contributed by atoms with Crippen molar-refractivity contribution in [3.05, 3.63) is 29.3 Å². The van der Waals surface area contributed by atoms with Crippen molar-refractivity contribution in [1.82, 2.24) is 0 Å². The summed E-state index contributed by atoms with van der Waals surface area (Å²) < 4.78 is 0. The highest BCUT2D eigenvalue weighted by Gasteiger charge is 1.93. The lowest BCUT2D eigenvalue weighted by atomic mass is 9.92. The van der Waals surface area contributed by atoms with Crippen LogP contribution >= 0.6 is 0 Å². The van der Waals surface area contributed by atoms with Gasteiger partial charge in [0.2, 0.25) is 0 Å². The van der Waals surface area contributed by atoms with Crippen molar-refractivity contribution in [3.8, 4) is 0 Å². The maximum absolute atomic E-state index is 5.60. The molecule has 0 fully saturated rings. The molecule has 0 nitrogen and oxygen atoms in total. The summed E-state index contributed by atoms with van der Waals surface area (Å²) in [7, 11) is 5.60. The van der Waals surface area contributed by atoms with Gasteiger partial charge in [-0.3, -0.25) is 0 Å². The Balaban J connectivity index is 3.09. The minimum Gasteiger partial charge on any atom is -0.0964 e. The maximum Gasteiger partial charge on any atom is 0.113 e. The molecule has 1 rings (SSSR count). The number of hydrogen-bond acceptors (Lipinski definition) is 0. The van der Waals surface area contributed by atoms with Crippen LogP contribution in [-0.2, 0) is 6.42 Å². The first-order valence-corrected chi connectivity index (χ1v) is 3.59. The van der Waals surface area contributed by atoms with Crippen LogP contribution in [0, 0.1) is 6.92 Å². The Labute approximate surface area is 63.7 Å². The van der Waals surface area contributed by atoms with Gasteiger partial charge in [0, 0.05) is 0 Å². The molecule has 0 aliphatic carbocycles. The maximum atomic E-state index is 5.60. The first-order chi connectivity index (χ1) is 4.74. The van der Waals surface area contributed by atoms with Gasteiger partial charge in [0.1, 0.15) is 7.85 Å². The zero-order valence-corrected chi connectivity index (χ0v) is 6.52. The van der Waals surface area contributed by atoms with E-state index in [9.17, 15) is 0 Å². The first-order valence-electron chi connectivity index (χ1n) is 3.59. The fourth-order valence-corrected chi connectivity index (χ4v) is 1.07. The Kier molecular flexibility index (Phi) is 2.15. The van der Waals surface area contributed by atoms with E-state index in [1.54, 1.807) is 0 Å². The molecule has 0 amide bonds. The van der Waals surface area contributed by atoms with Crippen molar-refractivity contribution in [3.63, 3.8) is 0 Å². The topological polar surface area (TPSA) is 0 Å². The molecule has 1 heteroatoms. The van der Waals surface area contributed by atoms with Crippen LogP contribution in [0.25, 0.3) is 0 Å². The Morgan fingerprint density at radius 3 is 2.60 bits per heavy atom. The van der Waals surface area contributed by atoms with Gasteiger partial charge in [-0.25, -0.2) is 0 Å². The van der Waals surface area contributed by atoms with Crippen LogP contribution in [0.2, 0.25) is 0 Å². The monoisotopic (exact) mass is 130 g/mol. The lowest BCUT2D eigenvalue weighted by molar-refractivity contribution is 1.11. The molecule has 0 saturated carbocycles. The van der Waals surface area contributed by atoms with Crippen LogP contribution in [-0.4, -0.2) is 7.85 Å². The summed E-state index contributed by atoms with van der Waals surface area (Å²) in [6.07, 6.45) is 1.07. The molecule has 0 spiro atoms. The molecule has 0 atom stereocenters. The fourth-order valence-electron chi connectivity index (χ4n) is 1.07. The smallest absolute Gasteiger partial charge is 0.0964 e. The van der Waals surface area contributed by atoms with Crippen LogP contribution in [0.5, 0.6) is 0 Å². The first kappa shape index (κ1) is 7.39. The summed E-state index contributed by atoms with van der Waals surface area (Å²) in [5, 5.41) is 0. The normalized spacial score (nSPS) is 9.80. The number of rotatable bonds is 1. The second kappa shape index (κ2) is 2.91. The van der Waals surface area contributed by atoms with Crippen molar-refractivity contribution in [2.75, 3.05) is 0 Å². The molecule has 0 bridgehead atoms. The Hall–Kier alpha value is -0.715. The highest BCUT2D eigenvalue weighted by molar-refractivity contribution is 6.32. The van der Waals surface area contributed by atoms with E-state index >= 15 is 0 Å². The molecule has 10 heavy (non-hydrogen) atoms. The van der Waals surface area contributed by atoms with Gasteiger partial charge in [0.05, 0.1) is 0 Å². The molecule has 0 saturated heterocycles. The van der Waals surface area contributed by atoms with Gasteiger partial charge in [-0.15, -0.1) is 0 Å². The fraction of sp³-hybridized carbons (Fsp3) is 0.333. The Morgan fingerprint density at radius 2 is 2.10 bits per heavy atom. The van der Waals surface area contributed by atoms with E-state index in [0.29, 0.717) is 0 Å². The molecular formula is C9H11B. The van der Waals surface area contributed by atoms with E-state index in [1.807, 2.05) is 12.1 Å². The average molecular weight is 130 g/mol. The Bertz CT molecular complexity index is 228. The summed E-state index contributed by atoms with van der Waals surface area (Å²) in [4.78, 5) is 0. The summed E-state index contributed by atoms with van der Waals surface area (Å²) in [5.74, 6) is 0. The van der Waals surface area contributed by atoms with E-state index in [2.05, 4.69) is 19.9 Å². The minimum atomic E-state index is 0.863. The third kappa shape index (κ3) is 1.41. The molecule has 0 unspecified atom stereocenters. The Morgan fingerprint density at radius 1 is 1.40 bits per heavy atom. The largest absolute Gasteiger partial charge is 0.113 e. The summed E-state index contributed by atoms with van der Waals surface area (Å²) in [6, 6.07) is 6.04. The van der Waals surface area contributed by atoms with Crippen molar-refractivity contribution >= 4 is 13.3 Å². The van der Waals surface area contributed by atoms with Gasteiger partial charge in [-0.1, -0.05) is 30.6 Å². The predicted molar refractivity (Wildman–Crippen MR) is 45.9 cm³/mol. The van der Waals surface area contributed by atoms with Crippen LogP contribution in [0.15, 0.2) is 18.2 Å².